The first-order chi connectivity index (χ1) is 6.26. The molecule has 13 heavy (non-hydrogen) atoms. The van der Waals surface area contributed by atoms with E-state index in [1.54, 1.807) is 0 Å². The summed E-state index contributed by atoms with van der Waals surface area (Å²) < 4.78 is 5.38. The molecule has 1 aliphatic heterocycles. The van der Waals surface area contributed by atoms with Gasteiger partial charge in [0, 0.05) is 5.92 Å². The molecule has 1 aromatic rings. The Morgan fingerprint density at radius 3 is 2.62 bits per heavy atom. The second-order valence-electron chi connectivity index (χ2n) is 3.75. The topological polar surface area (TPSA) is 29.5 Å². The summed E-state index contributed by atoms with van der Waals surface area (Å²) in [5, 5.41) is 9.15. The average Bonchev–Trinajstić information content (AvgIpc) is 2.17. The Labute approximate surface area is 78.2 Å². The second-order valence-corrected chi connectivity index (χ2v) is 3.75. The predicted octanol–water partition coefficient (Wildman–Crippen LogP) is 1.55. The minimum Gasteiger partial charge on any atom is -0.393 e. The molecule has 0 saturated carbocycles. The lowest BCUT2D eigenvalue weighted by molar-refractivity contribution is -0.179. The highest BCUT2D eigenvalue weighted by molar-refractivity contribution is 5.25. The Kier molecular flexibility index (Phi) is 2.10. The average molecular weight is 178 g/mol. The van der Waals surface area contributed by atoms with Gasteiger partial charge in [-0.05, 0) is 12.5 Å². The van der Waals surface area contributed by atoms with Crippen LogP contribution in [0.4, 0.5) is 0 Å². The molecular formula is C11H14O2. The summed E-state index contributed by atoms with van der Waals surface area (Å²) >= 11 is 0. The highest BCUT2D eigenvalue weighted by Crippen LogP contribution is 2.40. The smallest absolute Gasteiger partial charge is 0.0974 e. The maximum absolute atomic E-state index is 9.15. The largest absolute Gasteiger partial charge is 0.393 e. The number of rotatable bonds is 2. The van der Waals surface area contributed by atoms with Crippen molar-refractivity contribution in [2.24, 2.45) is 0 Å². The summed E-state index contributed by atoms with van der Waals surface area (Å²) in [5.41, 5.74) is 0.895. The van der Waals surface area contributed by atoms with Crippen LogP contribution < -0.4 is 0 Å². The molecule has 1 aromatic carbocycles. The van der Waals surface area contributed by atoms with Crippen molar-refractivity contribution >= 4 is 0 Å². The van der Waals surface area contributed by atoms with Crippen LogP contribution in [0, 0.1) is 0 Å². The van der Waals surface area contributed by atoms with Gasteiger partial charge in [0.1, 0.15) is 0 Å². The number of benzene rings is 1. The van der Waals surface area contributed by atoms with Gasteiger partial charge in [-0.1, -0.05) is 30.3 Å². The molecule has 0 spiro atoms. The maximum Gasteiger partial charge on any atom is 0.0974 e. The quantitative estimate of drug-likeness (QED) is 0.744. The minimum absolute atomic E-state index is 0.0898. The third-order valence-electron chi connectivity index (χ3n) is 2.83. The Morgan fingerprint density at radius 2 is 2.15 bits per heavy atom. The van der Waals surface area contributed by atoms with Crippen molar-refractivity contribution in [3.05, 3.63) is 35.9 Å². The van der Waals surface area contributed by atoms with Crippen molar-refractivity contribution in [1.29, 1.82) is 0 Å². The van der Waals surface area contributed by atoms with Crippen molar-refractivity contribution in [3.63, 3.8) is 0 Å². The van der Waals surface area contributed by atoms with Crippen LogP contribution in [0.15, 0.2) is 30.3 Å². The van der Waals surface area contributed by atoms with Crippen LogP contribution >= 0.6 is 0 Å². The fourth-order valence-electron chi connectivity index (χ4n) is 1.74. The van der Waals surface area contributed by atoms with E-state index in [0.717, 1.165) is 6.61 Å². The first-order valence-electron chi connectivity index (χ1n) is 4.56. The summed E-state index contributed by atoms with van der Waals surface area (Å²) in [5.74, 6) is 0.346. The Balaban J connectivity index is 2.20. The fourth-order valence-corrected chi connectivity index (χ4v) is 1.74. The highest BCUT2D eigenvalue weighted by atomic mass is 16.5. The number of aliphatic hydroxyl groups is 1. The highest BCUT2D eigenvalue weighted by Gasteiger charge is 2.44. The van der Waals surface area contributed by atoms with Gasteiger partial charge in [0.2, 0.25) is 0 Å². The van der Waals surface area contributed by atoms with Gasteiger partial charge in [0.25, 0.3) is 0 Å². The van der Waals surface area contributed by atoms with Gasteiger partial charge in [-0.15, -0.1) is 0 Å². The van der Waals surface area contributed by atoms with E-state index < -0.39 is 0 Å². The lowest BCUT2D eigenvalue weighted by atomic mass is 9.80. The second kappa shape index (κ2) is 3.13. The van der Waals surface area contributed by atoms with Crippen molar-refractivity contribution < 1.29 is 9.84 Å². The van der Waals surface area contributed by atoms with Gasteiger partial charge in [-0.25, -0.2) is 0 Å². The van der Waals surface area contributed by atoms with Crippen LogP contribution in [0.25, 0.3) is 0 Å². The lowest BCUT2D eigenvalue weighted by Gasteiger charge is -2.46. The fraction of sp³-hybridized carbons (Fsp3) is 0.455. The number of aliphatic hydroxyl groups excluding tert-OH is 1. The monoisotopic (exact) mass is 178 g/mol. The molecule has 1 N–H and O–H groups in total. The normalized spacial score (nSPS) is 32.6. The molecule has 2 heteroatoms. The van der Waals surface area contributed by atoms with E-state index in [1.807, 2.05) is 25.1 Å². The Bertz CT molecular complexity index is 279. The van der Waals surface area contributed by atoms with E-state index in [0.29, 0.717) is 5.92 Å². The van der Waals surface area contributed by atoms with E-state index in [-0.39, 0.29) is 12.2 Å². The van der Waals surface area contributed by atoms with Crippen LogP contribution in [0.1, 0.15) is 18.4 Å². The maximum atomic E-state index is 9.15. The molecule has 2 unspecified atom stereocenters. The van der Waals surface area contributed by atoms with E-state index in [4.69, 9.17) is 9.84 Å². The molecule has 1 heterocycles. The van der Waals surface area contributed by atoms with Gasteiger partial charge in [-0.3, -0.25) is 0 Å². The van der Waals surface area contributed by atoms with Crippen LogP contribution in [0.3, 0.4) is 0 Å². The minimum atomic E-state index is -0.360. The molecule has 2 rings (SSSR count). The molecule has 1 aliphatic rings. The molecule has 2 atom stereocenters. The number of hydrogen-bond donors (Lipinski definition) is 1. The number of ether oxygens (including phenoxy) is 1. The molecule has 0 aromatic heterocycles. The van der Waals surface area contributed by atoms with Gasteiger partial charge in [0.05, 0.1) is 18.8 Å². The van der Waals surface area contributed by atoms with Crippen molar-refractivity contribution in [1.82, 2.24) is 0 Å². The third kappa shape index (κ3) is 1.36. The molecule has 0 bridgehead atoms. The molecule has 0 amide bonds. The zero-order valence-electron chi connectivity index (χ0n) is 7.73. The van der Waals surface area contributed by atoms with E-state index >= 15 is 0 Å². The van der Waals surface area contributed by atoms with Gasteiger partial charge >= 0.3 is 0 Å². The van der Waals surface area contributed by atoms with E-state index in [1.165, 1.54) is 5.56 Å². The van der Waals surface area contributed by atoms with Crippen LogP contribution in [-0.2, 0) is 4.74 Å². The molecule has 0 aliphatic carbocycles. The standard InChI is InChI=1S/C11H14O2/c1-11(8-12)10(7-13-11)9-5-3-2-4-6-9/h2-6,10,12H,7-8H2,1H3. The summed E-state index contributed by atoms with van der Waals surface area (Å²) in [6.07, 6.45) is 0. The first-order valence-corrected chi connectivity index (χ1v) is 4.56. The summed E-state index contributed by atoms with van der Waals surface area (Å²) in [4.78, 5) is 0. The third-order valence-corrected chi connectivity index (χ3v) is 2.83. The summed E-state index contributed by atoms with van der Waals surface area (Å²) in [6, 6.07) is 10.2. The molecule has 1 saturated heterocycles. The van der Waals surface area contributed by atoms with Crippen LogP contribution in [0.5, 0.6) is 0 Å². The summed E-state index contributed by atoms with van der Waals surface area (Å²) in [6.45, 7) is 2.77. The van der Waals surface area contributed by atoms with Gasteiger partial charge in [0.15, 0.2) is 0 Å². The van der Waals surface area contributed by atoms with Crippen molar-refractivity contribution in [2.45, 2.75) is 18.4 Å². The Morgan fingerprint density at radius 1 is 1.46 bits per heavy atom. The van der Waals surface area contributed by atoms with Crippen LogP contribution in [0.2, 0.25) is 0 Å². The Hall–Kier alpha value is -0.860. The van der Waals surface area contributed by atoms with Crippen molar-refractivity contribution in [3.8, 4) is 0 Å². The zero-order valence-corrected chi connectivity index (χ0v) is 7.73. The van der Waals surface area contributed by atoms with Crippen LogP contribution in [-0.4, -0.2) is 23.9 Å². The van der Waals surface area contributed by atoms with Gasteiger partial charge in [-0.2, -0.15) is 0 Å². The SMILES string of the molecule is CC1(CO)OCC1c1ccccc1. The molecule has 2 nitrogen and oxygen atoms in total. The molecular weight excluding hydrogens is 164 g/mol. The van der Waals surface area contributed by atoms with E-state index in [2.05, 4.69) is 12.1 Å². The van der Waals surface area contributed by atoms with E-state index in [9.17, 15) is 0 Å². The molecule has 0 radical (unpaired) electrons. The lowest BCUT2D eigenvalue weighted by Crippen LogP contribution is -2.52. The zero-order chi connectivity index (χ0) is 9.31. The first kappa shape index (κ1) is 8.73. The number of hydrogen-bond acceptors (Lipinski definition) is 2. The molecule has 1 fully saturated rings. The van der Waals surface area contributed by atoms with Gasteiger partial charge < -0.3 is 9.84 Å². The van der Waals surface area contributed by atoms with Crippen molar-refractivity contribution in [2.75, 3.05) is 13.2 Å². The summed E-state index contributed by atoms with van der Waals surface area (Å²) in [7, 11) is 0. The predicted molar refractivity (Wildman–Crippen MR) is 50.6 cm³/mol. The molecule has 70 valence electrons.